The Balaban J connectivity index is 1.68. The third kappa shape index (κ3) is 4.25. The molecular formula is C20H23N3O2S2. The van der Waals surface area contributed by atoms with E-state index in [0.717, 1.165) is 15.3 Å². The first kappa shape index (κ1) is 19.6. The zero-order chi connectivity index (χ0) is 19.8. The molecule has 0 spiro atoms. The molecular weight excluding hydrogens is 378 g/mol. The number of thiophene rings is 1. The van der Waals surface area contributed by atoms with E-state index in [1.54, 1.807) is 0 Å². The molecule has 1 aromatic carbocycles. The van der Waals surface area contributed by atoms with E-state index in [2.05, 4.69) is 43.3 Å². The molecule has 0 bridgehead atoms. The number of thioether (sulfide) groups is 1. The van der Waals surface area contributed by atoms with Crippen molar-refractivity contribution in [2.24, 2.45) is 0 Å². The summed E-state index contributed by atoms with van der Waals surface area (Å²) in [5.74, 6) is -0.0196. The summed E-state index contributed by atoms with van der Waals surface area (Å²) in [6.45, 7) is 10.4. The van der Waals surface area contributed by atoms with Crippen LogP contribution in [0.1, 0.15) is 36.8 Å². The van der Waals surface area contributed by atoms with Gasteiger partial charge in [-0.05, 0) is 42.5 Å². The maximum absolute atomic E-state index is 12.6. The lowest BCUT2D eigenvalue weighted by molar-refractivity contribution is -0.114. The molecule has 0 saturated carbocycles. The molecule has 0 aliphatic heterocycles. The second kappa shape index (κ2) is 7.48. The number of amides is 1. The minimum Gasteiger partial charge on any atom is -0.272 e. The van der Waals surface area contributed by atoms with Crippen molar-refractivity contribution in [2.45, 2.75) is 44.9 Å². The minimum absolute atomic E-state index is 0.103. The molecule has 0 unspecified atom stereocenters. The summed E-state index contributed by atoms with van der Waals surface area (Å²) < 4.78 is 1.17. The number of aryl methyl sites for hydroxylation is 2. The molecule has 0 radical (unpaired) electrons. The van der Waals surface area contributed by atoms with Crippen LogP contribution in [0.4, 0.5) is 0 Å². The SMILES string of the molecule is Cc1sc2ncn(NC(=O)CSc3ccc(C(C)(C)C)cc3)c(=O)c2c1C. The maximum Gasteiger partial charge on any atom is 0.281 e. The van der Waals surface area contributed by atoms with Crippen LogP contribution in [0, 0.1) is 13.8 Å². The zero-order valence-electron chi connectivity index (χ0n) is 16.1. The van der Waals surface area contributed by atoms with Crippen LogP contribution in [0.5, 0.6) is 0 Å². The highest BCUT2D eigenvalue weighted by Crippen LogP contribution is 2.26. The molecule has 3 aromatic rings. The number of aromatic nitrogens is 2. The van der Waals surface area contributed by atoms with Gasteiger partial charge in [0.2, 0.25) is 5.91 Å². The van der Waals surface area contributed by atoms with Gasteiger partial charge in [-0.1, -0.05) is 32.9 Å². The van der Waals surface area contributed by atoms with Gasteiger partial charge in [0, 0.05) is 9.77 Å². The molecule has 0 saturated heterocycles. The molecule has 0 aliphatic carbocycles. The van der Waals surface area contributed by atoms with Gasteiger partial charge in [0.25, 0.3) is 5.56 Å². The number of carbonyl (C=O) groups excluding carboxylic acids is 1. The molecule has 0 aliphatic rings. The first-order valence-electron chi connectivity index (χ1n) is 8.67. The topological polar surface area (TPSA) is 64.0 Å². The van der Waals surface area contributed by atoms with Crippen molar-refractivity contribution in [3.63, 3.8) is 0 Å². The number of carbonyl (C=O) groups is 1. The van der Waals surface area contributed by atoms with E-state index in [4.69, 9.17) is 0 Å². The van der Waals surface area contributed by atoms with E-state index in [-0.39, 0.29) is 22.6 Å². The van der Waals surface area contributed by atoms with E-state index in [9.17, 15) is 9.59 Å². The highest BCUT2D eigenvalue weighted by atomic mass is 32.2. The predicted octanol–water partition coefficient (Wildman–Crippen LogP) is 4.23. The monoisotopic (exact) mass is 401 g/mol. The van der Waals surface area contributed by atoms with Crippen LogP contribution in [0.2, 0.25) is 0 Å². The van der Waals surface area contributed by atoms with Crippen molar-refractivity contribution >= 4 is 39.2 Å². The van der Waals surface area contributed by atoms with Gasteiger partial charge in [0.15, 0.2) is 0 Å². The predicted molar refractivity (Wildman–Crippen MR) is 114 cm³/mol. The van der Waals surface area contributed by atoms with Gasteiger partial charge in [-0.3, -0.25) is 15.0 Å². The number of hydrogen-bond acceptors (Lipinski definition) is 5. The van der Waals surface area contributed by atoms with Crippen LogP contribution in [0.15, 0.2) is 40.3 Å². The van der Waals surface area contributed by atoms with Gasteiger partial charge in [0.1, 0.15) is 11.2 Å². The third-order valence-electron chi connectivity index (χ3n) is 4.43. The lowest BCUT2D eigenvalue weighted by atomic mass is 9.87. The Labute approximate surface area is 166 Å². The minimum atomic E-state index is -0.243. The Morgan fingerprint density at radius 2 is 1.89 bits per heavy atom. The Morgan fingerprint density at radius 1 is 1.22 bits per heavy atom. The van der Waals surface area contributed by atoms with Gasteiger partial charge in [-0.15, -0.1) is 23.1 Å². The van der Waals surface area contributed by atoms with E-state index in [1.807, 2.05) is 26.0 Å². The fraction of sp³-hybridized carbons (Fsp3) is 0.350. The van der Waals surface area contributed by atoms with Crippen LogP contribution in [0.3, 0.4) is 0 Å². The summed E-state index contributed by atoms with van der Waals surface area (Å²) >= 11 is 2.93. The largest absolute Gasteiger partial charge is 0.281 e. The summed E-state index contributed by atoms with van der Waals surface area (Å²) in [6, 6.07) is 8.22. The van der Waals surface area contributed by atoms with Crippen molar-refractivity contribution in [1.82, 2.24) is 9.66 Å². The molecule has 27 heavy (non-hydrogen) atoms. The summed E-state index contributed by atoms with van der Waals surface area (Å²) in [5, 5.41) is 0.575. The van der Waals surface area contributed by atoms with Crippen molar-refractivity contribution in [2.75, 3.05) is 11.2 Å². The first-order valence-corrected chi connectivity index (χ1v) is 10.5. The zero-order valence-corrected chi connectivity index (χ0v) is 17.8. The van der Waals surface area contributed by atoms with Crippen LogP contribution < -0.4 is 11.0 Å². The van der Waals surface area contributed by atoms with E-state index < -0.39 is 0 Å². The summed E-state index contributed by atoms with van der Waals surface area (Å²) in [5.41, 5.74) is 4.67. The van der Waals surface area contributed by atoms with E-state index in [0.29, 0.717) is 10.2 Å². The van der Waals surface area contributed by atoms with E-state index in [1.165, 1.54) is 39.7 Å². The molecule has 1 amide bonds. The average Bonchev–Trinajstić information content (AvgIpc) is 2.90. The number of nitrogens with one attached hydrogen (secondary N) is 1. The van der Waals surface area contributed by atoms with Crippen molar-refractivity contribution in [1.29, 1.82) is 0 Å². The van der Waals surface area contributed by atoms with Crippen LogP contribution in [-0.2, 0) is 10.2 Å². The van der Waals surface area contributed by atoms with Crippen molar-refractivity contribution in [3.8, 4) is 0 Å². The highest BCUT2D eigenvalue weighted by Gasteiger charge is 2.15. The molecule has 7 heteroatoms. The summed E-state index contributed by atoms with van der Waals surface area (Å²) in [7, 11) is 0. The molecule has 142 valence electrons. The van der Waals surface area contributed by atoms with Gasteiger partial charge < -0.3 is 0 Å². The smallest absolute Gasteiger partial charge is 0.272 e. The fourth-order valence-corrected chi connectivity index (χ4v) is 4.36. The van der Waals surface area contributed by atoms with Crippen molar-refractivity contribution < 1.29 is 4.79 Å². The van der Waals surface area contributed by atoms with Crippen LogP contribution in [0.25, 0.3) is 10.2 Å². The van der Waals surface area contributed by atoms with Crippen molar-refractivity contribution in [3.05, 3.63) is 57.0 Å². The normalized spacial score (nSPS) is 11.7. The number of rotatable bonds is 4. The van der Waals surface area contributed by atoms with Gasteiger partial charge in [-0.25, -0.2) is 9.66 Å². The molecule has 0 fully saturated rings. The summed E-state index contributed by atoms with van der Waals surface area (Å²) in [4.78, 5) is 32.0. The van der Waals surface area contributed by atoms with Gasteiger partial charge in [0.05, 0.1) is 11.1 Å². The molecule has 5 nitrogen and oxygen atoms in total. The first-order chi connectivity index (χ1) is 12.7. The Hall–Kier alpha value is -2.12. The number of hydrogen-bond donors (Lipinski definition) is 1. The molecule has 2 heterocycles. The van der Waals surface area contributed by atoms with Crippen LogP contribution in [-0.4, -0.2) is 21.3 Å². The molecule has 0 atom stereocenters. The fourth-order valence-electron chi connectivity index (χ4n) is 2.68. The highest BCUT2D eigenvalue weighted by molar-refractivity contribution is 8.00. The lowest BCUT2D eigenvalue weighted by Crippen LogP contribution is -2.34. The Morgan fingerprint density at radius 3 is 2.52 bits per heavy atom. The van der Waals surface area contributed by atoms with Gasteiger partial charge >= 0.3 is 0 Å². The van der Waals surface area contributed by atoms with Crippen LogP contribution >= 0.6 is 23.1 Å². The number of fused-ring (bicyclic) bond motifs is 1. The van der Waals surface area contributed by atoms with E-state index >= 15 is 0 Å². The quantitative estimate of drug-likeness (QED) is 0.665. The molecule has 1 N–H and O–H groups in total. The standard InChI is InChI=1S/C20H23N3O2S2/c1-12-13(2)27-18-17(12)19(25)23(11-21-18)22-16(24)10-26-15-8-6-14(7-9-15)20(3,4)5/h6-9,11H,10H2,1-5H3,(H,22,24). The third-order valence-corrected chi connectivity index (χ3v) is 6.55. The average molecular weight is 402 g/mol. The number of nitrogens with zero attached hydrogens (tertiary/aromatic N) is 2. The molecule has 3 rings (SSSR count). The second-order valence-corrected chi connectivity index (χ2v) is 9.73. The second-order valence-electron chi connectivity index (χ2n) is 7.48. The summed E-state index contributed by atoms with van der Waals surface area (Å²) in [6.07, 6.45) is 1.38. The molecule has 2 aromatic heterocycles. The Kier molecular flexibility index (Phi) is 5.44. The van der Waals surface area contributed by atoms with Gasteiger partial charge in [-0.2, -0.15) is 0 Å². The Bertz CT molecular complexity index is 1040. The lowest BCUT2D eigenvalue weighted by Gasteiger charge is -2.19. The number of benzene rings is 1. The maximum atomic E-state index is 12.6.